The summed E-state index contributed by atoms with van der Waals surface area (Å²) in [4.78, 5) is 0. The Balaban J connectivity index is 2.06. The minimum Gasteiger partial charge on any atom is -0.490 e. The first kappa shape index (κ1) is 10.5. The second-order valence-corrected chi connectivity index (χ2v) is 5.01. The number of aryl methyl sites for hydroxylation is 1. The van der Waals surface area contributed by atoms with Crippen LogP contribution in [0.5, 0.6) is 5.75 Å². The second kappa shape index (κ2) is 4.26. The van der Waals surface area contributed by atoms with Crippen LogP contribution in [-0.4, -0.2) is 6.10 Å². The zero-order valence-corrected chi connectivity index (χ0v) is 9.92. The Labute approximate surface area is 92.5 Å². The van der Waals surface area contributed by atoms with Crippen molar-refractivity contribution in [1.82, 2.24) is 0 Å². The van der Waals surface area contributed by atoms with Gasteiger partial charge in [-0.05, 0) is 42.9 Å². The third kappa shape index (κ3) is 2.53. The smallest absolute Gasteiger partial charge is 0.123 e. The molecule has 0 spiro atoms. The molecule has 0 aromatic heterocycles. The summed E-state index contributed by atoms with van der Waals surface area (Å²) in [6.07, 6.45) is 3.90. The number of benzene rings is 1. The van der Waals surface area contributed by atoms with Crippen molar-refractivity contribution >= 4 is 0 Å². The Morgan fingerprint density at radius 1 is 1.40 bits per heavy atom. The summed E-state index contributed by atoms with van der Waals surface area (Å²) in [5.41, 5.74) is 2.85. The highest BCUT2D eigenvalue weighted by Gasteiger charge is 2.18. The summed E-state index contributed by atoms with van der Waals surface area (Å²) in [5.74, 6) is 1.88. The lowest BCUT2D eigenvalue weighted by Gasteiger charge is -2.06. The molecule has 15 heavy (non-hydrogen) atoms. The van der Waals surface area contributed by atoms with Gasteiger partial charge in [-0.2, -0.15) is 0 Å². The largest absolute Gasteiger partial charge is 0.490 e. The van der Waals surface area contributed by atoms with E-state index in [1.165, 1.54) is 24.0 Å². The molecule has 0 amide bonds. The lowest BCUT2D eigenvalue weighted by molar-refractivity contribution is 0.254. The minimum absolute atomic E-state index is 0.361. The van der Waals surface area contributed by atoms with Crippen LogP contribution < -0.4 is 4.74 Å². The zero-order chi connectivity index (χ0) is 10.8. The van der Waals surface area contributed by atoms with Gasteiger partial charge in [0.1, 0.15) is 11.9 Å². The van der Waals surface area contributed by atoms with Crippen molar-refractivity contribution in [3.8, 4) is 5.75 Å². The fourth-order valence-electron chi connectivity index (χ4n) is 2.09. The standard InChI is InChI=1S/C14H20O/c1-10(2)4-5-12-6-7-14-13(9-12)8-11(3)15-14/h6-7,9-11H,4-5,8H2,1-3H3. The molecule has 0 N–H and O–H groups in total. The van der Waals surface area contributed by atoms with Crippen molar-refractivity contribution in [3.63, 3.8) is 0 Å². The molecule has 1 nitrogen and oxygen atoms in total. The lowest BCUT2D eigenvalue weighted by Crippen LogP contribution is -2.05. The number of fused-ring (bicyclic) bond motifs is 1. The highest BCUT2D eigenvalue weighted by atomic mass is 16.5. The van der Waals surface area contributed by atoms with Crippen molar-refractivity contribution in [2.45, 2.75) is 46.1 Å². The van der Waals surface area contributed by atoms with Gasteiger partial charge in [0.2, 0.25) is 0 Å². The van der Waals surface area contributed by atoms with Crippen LogP contribution >= 0.6 is 0 Å². The monoisotopic (exact) mass is 204 g/mol. The van der Waals surface area contributed by atoms with Gasteiger partial charge in [-0.15, -0.1) is 0 Å². The fourth-order valence-corrected chi connectivity index (χ4v) is 2.09. The molecular weight excluding hydrogens is 184 g/mol. The molecule has 1 atom stereocenters. The Morgan fingerprint density at radius 2 is 2.20 bits per heavy atom. The number of rotatable bonds is 3. The third-order valence-electron chi connectivity index (χ3n) is 2.97. The maximum absolute atomic E-state index is 5.69. The predicted molar refractivity (Wildman–Crippen MR) is 63.4 cm³/mol. The highest BCUT2D eigenvalue weighted by molar-refractivity contribution is 5.40. The van der Waals surface area contributed by atoms with Crippen molar-refractivity contribution in [1.29, 1.82) is 0 Å². The molecule has 0 saturated carbocycles. The van der Waals surface area contributed by atoms with Gasteiger partial charge >= 0.3 is 0 Å². The SMILES string of the molecule is CC(C)CCc1ccc2c(c1)CC(C)O2. The van der Waals surface area contributed by atoms with Crippen LogP contribution in [0.3, 0.4) is 0 Å². The van der Waals surface area contributed by atoms with E-state index in [2.05, 4.69) is 39.0 Å². The summed E-state index contributed by atoms with van der Waals surface area (Å²) < 4.78 is 5.69. The van der Waals surface area contributed by atoms with Crippen LogP contribution in [0, 0.1) is 5.92 Å². The van der Waals surface area contributed by atoms with E-state index in [1.54, 1.807) is 0 Å². The van der Waals surface area contributed by atoms with E-state index in [0.717, 1.165) is 18.1 Å². The minimum atomic E-state index is 0.361. The number of ether oxygens (including phenoxy) is 1. The molecule has 1 heteroatoms. The zero-order valence-electron chi connectivity index (χ0n) is 9.92. The molecule has 0 aliphatic carbocycles. The van der Waals surface area contributed by atoms with Gasteiger partial charge in [0.25, 0.3) is 0 Å². The number of hydrogen-bond acceptors (Lipinski definition) is 1. The van der Waals surface area contributed by atoms with Crippen LogP contribution in [-0.2, 0) is 12.8 Å². The first-order valence-corrected chi connectivity index (χ1v) is 5.93. The van der Waals surface area contributed by atoms with E-state index >= 15 is 0 Å². The molecule has 0 saturated heterocycles. The van der Waals surface area contributed by atoms with Crippen LogP contribution in [0.4, 0.5) is 0 Å². The average Bonchev–Trinajstić information content (AvgIpc) is 2.53. The third-order valence-corrected chi connectivity index (χ3v) is 2.97. The Hall–Kier alpha value is -0.980. The van der Waals surface area contributed by atoms with E-state index in [-0.39, 0.29) is 0 Å². The van der Waals surface area contributed by atoms with Crippen molar-refractivity contribution in [2.24, 2.45) is 5.92 Å². The Morgan fingerprint density at radius 3 is 2.93 bits per heavy atom. The molecule has 0 fully saturated rings. The van der Waals surface area contributed by atoms with Gasteiger partial charge in [-0.25, -0.2) is 0 Å². The maximum atomic E-state index is 5.69. The molecule has 0 radical (unpaired) electrons. The average molecular weight is 204 g/mol. The van der Waals surface area contributed by atoms with Crippen LogP contribution in [0.2, 0.25) is 0 Å². The first-order chi connectivity index (χ1) is 7.15. The van der Waals surface area contributed by atoms with Crippen LogP contribution in [0.15, 0.2) is 18.2 Å². The molecule has 1 heterocycles. The number of hydrogen-bond donors (Lipinski definition) is 0. The highest BCUT2D eigenvalue weighted by Crippen LogP contribution is 2.29. The fraction of sp³-hybridized carbons (Fsp3) is 0.571. The van der Waals surface area contributed by atoms with E-state index in [1.807, 2.05) is 0 Å². The molecule has 1 unspecified atom stereocenters. The predicted octanol–water partition coefficient (Wildman–Crippen LogP) is 3.60. The van der Waals surface area contributed by atoms with Gasteiger partial charge in [-0.3, -0.25) is 0 Å². The summed E-state index contributed by atoms with van der Waals surface area (Å²) in [5, 5.41) is 0. The van der Waals surface area contributed by atoms with Crippen molar-refractivity contribution in [3.05, 3.63) is 29.3 Å². The summed E-state index contributed by atoms with van der Waals surface area (Å²) in [7, 11) is 0. The van der Waals surface area contributed by atoms with E-state index in [0.29, 0.717) is 6.10 Å². The molecule has 1 aliphatic rings. The normalized spacial score (nSPS) is 19.1. The quantitative estimate of drug-likeness (QED) is 0.731. The van der Waals surface area contributed by atoms with E-state index < -0.39 is 0 Å². The second-order valence-electron chi connectivity index (χ2n) is 5.01. The van der Waals surface area contributed by atoms with Crippen molar-refractivity contribution in [2.75, 3.05) is 0 Å². The summed E-state index contributed by atoms with van der Waals surface area (Å²) in [6, 6.07) is 6.66. The molecular formula is C14H20O. The van der Waals surface area contributed by atoms with E-state index in [9.17, 15) is 0 Å². The topological polar surface area (TPSA) is 9.23 Å². The molecule has 0 bridgehead atoms. The van der Waals surface area contributed by atoms with Gasteiger partial charge in [0.05, 0.1) is 0 Å². The van der Waals surface area contributed by atoms with Gasteiger partial charge < -0.3 is 4.74 Å². The van der Waals surface area contributed by atoms with Crippen LogP contribution in [0.25, 0.3) is 0 Å². The summed E-state index contributed by atoms with van der Waals surface area (Å²) >= 11 is 0. The molecule has 2 rings (SSSR count). The Kier molecular flexibility index (Phi) is 2.99. The molecule has 1 aromatic carbocycles. The first-order valence-electron chi connectivity index (χ1n) is 5.93. The van der Waals surface area contributed by atoms with Crippen molar-refractivity contribution < 1.29 is 4.74 Å². The lowest BCUT2D eigenvalue weighted by atomic mass is 10.00. The maximum Gasteiger partial charge on any atom is 0.123 e. The Bertz CT molecular complexity index is 341. The van der Waals surface area contributed by atoms with Gasteiger partial charge in [-0.1, -0.05) is 26.0 Å². The molecule has 82 valence electrons. The molecule has 1 aromatic rings. The van der Waals surface area contributed by atoms with Gasteiger partial charge in [0, 0.05) is 6.42 Å². The van der Waals surface area contributed by atoms with Crippen LogP contribution in [0.1, 0.15) is 38.3 Å². The van der Waals surface area contributed by atoms with E-state index in [4.69, 9.17) is 4.74 Å². The van der Waals surface area contributed by atoms with Gasteiger partial charge in [0.15, 0.2) is 0 Å². The summed E-state index contributed by atoms with van der Waals surface area (Å²) in [6.45, 7) is 6.69. The molecule has 1 aliphatic heterocycles.